The zero-order chi connectivity index (χ0) is 18.1. The molecule has 5 atom stereocenters. The van der Waals surface area contributed by atoms with Crippen molar-refractivity contribution in [1.29, 1.82) is 0 Å². The molecule has 3 N–H and O–H groups in total. The molecule has 144 valence electrons. The average molecular weight is 352 g/mol. The summed E-state index contributed by atoms with van der Waals surface area (Å²) in [7, 11) is 0. The summed E-state index contributed by atoms with van der Waals surface area (Å²) in [5.74, 6) is 1.48. The second kappa shape index (κ2) is 7.43. The predicted octanol–water partition coefficient (Wildman–Crippen LogP) is 2.69. The molecule has 3 rings (SSSR count). The molecular weight excluding hydrogens is 314 g/mol. The van der Waals surface area contributed by atoms with Gasteiger partial charge in [0, 0.05) is 35.9 Å². The first-order valence-electron chi connectivity index (χ1n) is 10.2. The molecule has 1 saturated heterocycles. The molecular formula is C20H37N3O2. The van der Waals surface area contributed by atoms with E-state index in [-0.39, 0.29) is 16.9 Å². The number of aliphatic hydroxyl groups is 1. The number of nitrogens with zero attached hydrogens (tertiary/aromatic N) is 1. The number of rotatable bonds is 4. The van der Waals surface area contributed by atoms with Crippen molar-refractivity contribution in [3.05, 3.63) is 0 Å². The van der Waals surface area contributed by atoms with Gasteiger partial charge < -0.3 is 20.5 Å². The van der Waals surface area contributed by atoms with Gasteiger partial charge in [-0.3, -0.25) is 4.99 Å². The lowest BCUT2D eigenvalue weighted by atomic mass is 9.55. The Hall–Kier alpha value is -0.810. The molecule has 0 bridgehead atoms. The average Bonchev–Trinajstić information content (AvgIpc) is 2.60. The van der Waals surface area contributed by atoms with Gasteiger partial charge in [0.25, 0.3) is 0 Å². The van der Waals surface area contributed by atoms with Gasteiger partial charge in [-0.1, -0.05) is 33.6 Å². The lowest BCUT2D eigenvalue weighted by Crippen LogP contribution is -2.71. The van der Waals surface area contributed by atoms with Crippen molar-refractivity contribution in [2.45, 2.75) is 84.5 Å². The molecule has 3 fully saturated rings. The third kappa shape index (κ3) is 3.68. The fourth-order valence-electron chi connectivity index (χ4n) is 5.11. The van der Waals surface area contributed by atoms with Crippen molar-refractivity contribution < 1.29 is 9.84 Å². The number of fused-ring (bicyclic) bond motifs is 1. The minimum Gasteiger partial charge on any atom is -0.392 e. The van der Waals surface area contributed by atoms with Crippen LogP contribution in [0.1, 0.15) is 66.2 Å². The molecule has 25 heavy (non-hydrogen) atoms. The van der Waals surface area contributed by atoms with Crippen LogP contribution in [-0.4, -0.2) is 49.0 Å². The fraction of sp³-hybridized carbons (Fsp3) is 0.950. The van der Waals surface area contributed by atoms with E-state index in [2.05, 4.69) is 38.3 Å². The van der Waals surface area contributed by atoms with Crippen molar-refractivity contribution in [2.75, 3.05) is 19.7 Å². The zero-order valence-electron chi connectivity index (χ0n) is 16.5. The van der Waals surface area contributed by atoms with Crippen molar-refractivity contribution in [3.8, 4) is 0 Å². The van der Waals surface area contributed by atoms with Crippen LogP contribution in [0.3, 0.4) is 0 Å². The van der Waals surface area contributed by atoms with Gasteiger partial charge in [0.15, 0.2) is 5.96 Å². The normalized spacial score (nSPS) is 40.8. The summed E-state index contributed by atoms with van der Waals surface area (Å²) >= 11 is 0. The van der Waals surface area contributed by atoms with Crippen LogP contribution >= 0.6 is 0 Å². The van der Waals surface area contributed by atoms with Gasteiger partial charge in [0.2, 0.25) is 0 Å². The van der Waals surface area contributed by atoms with Gasteiger partial charge >= 0.3 is 0 Å². The largest absolute Gasteiger partial charge is 0.392 e. The van der Waals surface area contributed by atoms with E-state index in [0.29, 0.717) is 24.6 Å². The SMILES string of the molecule is CCNC(=NCC1(C)CCCCC1O)NC1C2CCCOC2C1(C)C. The van der Waals surface area contributed by atoms with Crippen LogP contribution in [0.15, 0.2) is 4.99 Å². The molecule has 0 aromatic rings. The second-order valence-electron chi connectivity index (χ2n) is 9.15. The lowest BCUT2D eigenvalue weighted by Gasteiger charge is -2.60. The Morgan fingerprint density at radius 1 is 1.20 bits per heavy atom. The molecule has 0 aromatic carbocycles. The highest BCUT2D eigenvalue weighted by molar-refractivity contribution is 5.80. The third-order valence-corrected chi connectivity index (χ3v) is 6.85. The highest BCUT2D eigenvalue weighted by Gasteiger charge is 2.58. The molecule has 1 heterocycles. The monoisotopic (exact) mass is 351 g/mol. The minimum absolute atomic E-state index is 0.0911. The third-order valence-electron chi connectivity index (χ3n) is 6.85. The highest BCUT2D eigenvalue weighted by atomic mass is 16.5. The van der Waals surface area contributed by atoms with Crippen molar-refractivity contribution in [1.82, 2.24) is 10.6 Å². The molecule has 0 aromatic heterocycles. The number of aliphatic hydroxyl groups excluding tert-OH is 1. The molecule has 2 saturated carbocycles. The maximum atomic E-state index is 10.4. The molecule has 1 aliphatic heterocycles. The number of nitrogens with one attached hydrogen (secondary N) is 2. The van der Waals surface area contributed by atoms with Gasteiger partial charge in [0.1, 0.15) is 0 Å². The Bertz CT molecular complexity index is 493. The van der Waals surface area contributed by atoms with Gasteiger partial charge in [-0.2, -0.15) is 0 Å². The van der Waals surface area contributed by atoms with Gasteiger partial charge in [0.05, 0.1) is 18.8 Å². The number of guanidine groups is 1. The Morgan fingerprint density at radius 2 is 2.00 bits per heavy atom. The van der Waals surface area contributed by atoms with E-state index in [1.165, 1.54) is 12.8 Å². The maximum absolute atomic E-state index is 10.4. The summed E-state index contributed by atoms with van der Waals surface area (Å²) in [5, 5.41) is 17.5. The number of hydrogen-bond donors (Lipinski definition) is 3. The van der Waals surface area contributed by atoms with Crippen LogP contribution < -0.4 is 10.6 Å². The summed E-state index contributed by atoms with van der Waals surface area (Å²) in [6, 6.07) is 0.402. The van der Waals surface area contributed by atoms with E-state index < -0.39 is 0 Å². The predicted molar refractivity (Wildman–Crippen MR) is 102 cm³/mol. The van der Waals surface area contributed by atoms with Crippen molar-refractivity contribution in [3.63, 3.8) is 0 Å². The lowest BCUT2D eigenvalue weighted by molar-refractivity contribution is -0.188. The first-order valence-corrected chi connectivity index (χ1v) is 10.2. The fourth-order valence-corrected chi connectivity index (χ4v) is 5.11. The highest BCUT2D eigenvalue weighted by Crippen LogP contribution is 2.51. The molecule has 0 radical (unpaired) electrons. The van der Waals surface area contributed by atoms with Crippen LogP contribution in [0.4, 0.5) is 0 Å². The van der Waals surface area contributed by atoms with Crippen molar-refractivity contribution >= 4 is 5.96 Å². The topological polar surface area (TPSA) is 65.9 Å². The van der Waals surface area contributed by atoms with E-state index in [9.17, 15) is 5.11 Å². The Balaban J connectivity index is 1.66. The summed E-state index contributed by atoms with van der Waals surface area (Å²) in [6.45, 7) is 11.3. The second-order valence-corrected chi connectivity index (χ2v) is 9.15. The van der Waals surface area contributed by atoms with Crippen LogP contribution in [0.25, 0.3) is 0 Å². The first kappa shape index (κ1) is 19.0. The van der Waals surface area contributed by atoms with E-state index >= 15 is 0 Å². The quantitative estimate of drug-likeness (QED) is 0.538. The molecule has 3 aliphatic rings. The molecule has 5 heteroatoms. The molecule has 2 aliphatic carbocycles. The van der Waals surface area contributed by atoms with Gasteiger partial charge in [-0.25, -0.2) is 0 Å². The number of aliphatic imine (C=N–C) groups is 1. The minimum atomic E-state index is -0.232. The van der Waals surface area contributed by atoms with Gasteiger partial charge in [-0.15, -0.1) is 0 Å². The molecule has 5 unspecified atom stereocenters. The number of hydrogen-bond acceptors (Lipinski definition) is 3. The Kier molecular flexibility index (Phi) is 5.64. The Morgan fingerprint density at radius 3 is 2.72 bits per heavy atom. The molecule has 0 amide bonds. The summed E-state index contributed by atoms with van der Waals surface area (Å²) in [6.07, 6.45) is 6.84. The standard InChI is InChI=1S/C20H37N3O2/c1-5-21-18(22-13-20(4)11-7-6-10-15(20)24)23-16-14-9-8-12-25-17(14)19(16,2)3/h14-17,24H,5-13H2,1-4H3,(H2,21,22,23). The van der Waals surface area contributed by atoms with Gasteiger partial charge in [-0.05, 0) is 32.6 Å². The van der Waals surface area contributed by atoms with Crippen LogP contribution in [-0.2, 0) is 4.74 Å². The molecule has 0 spiro atoms. The van der Waals surface area contributed by atoms with E-state index in [1.54, 1.807) is 0 Å². The smallest absolute Gasteiger partial charge is 0.191 e. The van der Waals surface area contributed by atoms with E-state index in [0.717, 1.165) is 44.8 Å². The van der Waals surface area contributed by atoms with E-state index in [4.69, 9.17) is 9.73 Å². The van der Waals surface area contributed by atoms with Crippen LogP contribution in [0.5, 0.6) is 0 Å². The number of ether oxygens (including phenoxy) is 1. The summed E-state index contributed by atoms with van der Waals surface area (Å²) in [5.41, 5.74) is 0.0434. The van der Waals surface area contributed by atoms with E-state index in [1.807, 2.05) is 0 Å². The Labute approximate surface area is 153 Å². The summed E-state index contributed by atoms with van der Waals surface area (Å²) < 4.78 is 6.02. The first-order chi connectivity index (χ1) is 11.9. The summed E-state index contributed by atoms with van der Waals surface area (Å²) in [4.78, 5) is 4.88. The zero-order valence-corrected chi connectivity index (χ0v) is 16.5. The van der Waals surface area contributed by atoms with Crippen LogP contribution in [0, 0.1) is 16.7 Å². The maximum Gasteiger partial charge on any atom is 0.191 e. The van der Waals surface area contributed by atoms with Crippen LogP contribution in [0.2, 0.25) is 0 Å². The molecule has 5 nitrogen and oxygen atoms in total. The van der Waals surface area contributed by atoms with Crippen molar-refractivity contribution in [2.24, 2.45) is 21.7 Å².